The molecule has 5 heteroatoms. The fourth-order valence-electron chi connectivity index (χ4n) is 2.57. The van der Waals surface area contributed by atoms with Crippen LogP contribution in [-0.2, 0) is 11.2 Å². The van der Waals surface area contributed by atoms with E-state index in [1.807, 2.05) is 55.5 Å². The third-order valence-electron chi connectivity index (χ3n) is 3.91. The van der Waals surface area contributed by atoms with Gasteiger partial charge < -0.3 is 20.5 Å². The van der Waals surface area contributed by atoms with Crippen LogP contribution in [0.4, 0.5) is 0 Å². The Labute approximate surface area is 149 Å². The largest absolute Gasteiger partial charge is 0.493 e. The van der Waals surface area contributed by atoms with Gasteiger partial charge in [-0.25, -0.2) is 0 Å². The smallest absolute Gasteiger partial charge is 0.241 e. The number of ether oxygens (including phenoxy) is 2. The number of aryl methyl sites for hydroxylation is 1. The summed E-state index contributed by atoms with van der Waals surface area (Å²) >= 11 is 0. The highest BCUT2D eigenvalue weighted by Crippen LogP contribution is 2.28. The van der Waals surface area contributed by atoms with Gasteiger partial charge in [0.05, 0.1) is 13.7 Å². The Morgan fingerprint density at radius 2 is 1.92 bits per heavy atom. The third kappa shape index (κ3) is 5.50. The number of nitrogens with one attached hydrogen (secondary N) is 1. The van der Waals surface area contributed by atoms with Crippen LogP contribution >= 0.6 is 0 Å². The number of hydrogen-bond acceptors (Lipinski definition) is 4. The predicted octanol–water partition coefficient (Wildman–Crippen LogP) is 2.84. The highest BCUT2D eigenvalue weighted by atomic mass is 16.5. The molecule has 2 aromatic carbocycles. The maximum absolute atomic E-state index is 12.1. The number of carbonyl (C=O) groups excluding carboxylic acids is 1. The second kappa shape index (κ2) is 9.69. The van der Waals surface area contributed by atoms with Crippen LogP contribution in [0.15, 0.2) is 48.5 Å². The minimum Gasteiger partial charge on any atom is -0.493 e. The zero-order valence-corrected chi connectivity index (χ0v) is 14.8. The Morgan fingerprint density at radius 1 is 1.16 bits per heavy atom. The van der Waals surface area contributed by atoms with Gasteiger partial charge in [0.15, 0.2) is 11.5 Å². The second-order valence-corrected chi connectivity index (χ2v) is 5.70. The van der Waals surface area contributed by atoms with E-state index in [-0.39, 0.29) is 5.91 Å². The summed E-state index contributed by atoms with van der Waals surface area (Å²) in [6.45, 7) is 3.11. The van der Waals surface area contributed by atoms with Crippen LogP contribution in [0.2, 0.25) is 0 Å². The molecule has 0 bridgehead atoms. The van der Waals surface area contributed by atoms with Gasteiger partial charge in [-0.1, -0.05) is 36.4 Å². The predicted molar refractivity (Wildman–Crippen MR) is 98.9 cm³/mol. The van der Waals surface area contributed by atoms with Crippen molar-refractivity contribution in [2.75, 3.05) is 20.3 Å². The Balaban J connectivity index is 1.81. The van der Waals surface area contributed by atoms with Crippen LogP contribution in [0.1, 0.15) is 30.5 Å². The van der Waals surface area contributed by atoms with Crippen molar-refractivity contribution in [2.45, 2.75) is 25.8 Å². The molecule has 1 unspecified atom stereocenters. The van der Waals surface area contributed by atoms with Crippen LogP contribution in [0, 0.1) is 0 Å². The number of benzene rings is 2. The molecular weight excluding hydrogens is 316 g/mol. The lowest BCUT2D eigenvalue weighted by molar-refractivity contribution is -0.122. The molecule has 1 atom stereocenters. The van der Waals surface area contributed by atoms with Crippen LogP contribution in [0.5, 0.6) is 11.5 Å². The van der Waals surface area contributed by atoms with Crippen molar-refractivity contribution in [3.63, 3.8) is 0 Å². The highest BCUT2D eigenvalue weighted by molar-refractivity contribution is 5.82. The molecule has 0 aliphatic rings. The summed E-state index contributed by atoms with van der Waals surface area (Å²) in [5.41, 5.74) is 7.94. The molecule has 0 saturated heterocycles. The van der Waals surface area contributed by atoms with Crippen LogP contribution in [-0.4, -0.2) is 26.2 Å². The first-order valence-electron chi connectivity index (χ1n) is 8.53. The van der Waals surface area contributed by atoms with E-state index in [1.165, 1.54) is 0 Å². The van der Waals surface area contributed by atoms with Crippen molar-refractivity contribution >= 4 is 5.91 Å². The van der Waals surface area contributed by atoms with E-state index in [1.54, 1.807) is 7.11 Å². The molecule has 0 aliphatic heterocycles. The van der Waals surface area contributed by atoms with Gasteiger partial charge in [0, 0.05) is 6.54 Å². The van der Waals surface area contributed by atoms with Crippen molar-refractivity contribution < 1.29 is 14.3 Å². The summed E-state index contributed by atoms with van der Waals surface area (Å²) in [7, 11) is 1.63. The molecule has 0 fully saturated rings. The van der Waals surface area contributed by atoms with E-state index in [0.29, 0.717) is 13.2 Å². The van der Waals surface area contributed by atoms with Gasteiger partial charge in [0.25, 0.3) is 0 Å². The molecule has 0 aromatic heterocycles. The minimum absolute atomic E-state index is 0.157. The number of amides is 1. The van der Waals surface area contributed by atoms with Crippen molar-refractivity contribution in [3.05, 3.63) is 59.7 Å². The zero-order chi connectivity index (χ0) is 18.1. The summed E-state index contributed by atoms with van der Waals surface area (Å²) < 4.78 is 10.9. The van der Waals surface area contributed by atoms with Gasteiger partial charge in [0.2, 0.25) is 5.91 Å². The van der Waals surface area contributed by atoms with E-state index in [9.17, 15) is 4.79 Å². The quantitative estimate of drug-likeness (QED) is 0.687. The summed E-state index contributed by atoms with van der Waals surface area (Å²) in [6, 6.07) is 14.6. The topological polar surface area (TPSA) is 73.6 Å². The summed E-state index contributed by atoms with van der Waals surface area (Å²) in [6.07, 6.45) is 1.66. The molecule has 0 heterocycles. The molecule has 5 nitrogen and oxygen atoms in total. The van der Waals surface area contributed by atoms with E-state index in [4.69, 9.17) is 15.2 Å². The number of methoxy groups -OCH3 is 1. The molecule has 25 heavy (non-hydrogen) atoms. The molecule has 2 rings (SSSR count). The highest BCUT2D eigenvalue weighted by Gasteiger charge is 2.14. The first-order valence-corrected chi connectivity index (χ1v) is 8.53. The van der Waals surface area contributed by atoms with Crippen molar-refractivity contribution in [3.8, 4) is 11.5 Å². The Morgan fingerprint density at radius 3 is 2.60 bits per heavy atom. The van der Waals surface area contributed by atoms with Crippen LogP contribution in [0.3, 0.4) is 0 Å². The molecule has 2 aromatic rings. The first kappa shape index (κ1) is 18.8. The summed E-state index contributed by atoms with van der Waals surface area (Å²) in [5, 5.41) is 2.89. The van der Waals surface area contributed by atoms with Gasteiger partial charge in [-0.2, -0.15) is 0 Å². The molecule has 134 valence electrons. The maximum atomic E-state index is 12.1. The van der Waals surface area contributed by atoms with E-state index >= 15 is 0 Å². The van der Waals surface area contributed by atoms with Gasteiger partial charge in [-0.05, 0) is 43.0 Å². The minimum atomic E-state index is -0.633. The molecule has 0 aliphatic carbocycles. The van der Waals surface area contributed by atoms with E-state index < -0.39 is 6.04 Å². The lowest BCUT2D eigenvalue weighted by Crippen LogP contribution is -2.34. The van der Waals surface area contributed by atoms with E-state index in [0.717, 1.165) is 35.5 Å². The lowest BCUT2D eigenvalue weighted by Gasteiger charge is -2.13. The average Bonchev–Trinajstić information content (AvgIpc) is 2.65. The normalized spacial score (nSPS) is 11.6. The molecule has 3 N–H and O–H groups in total. The first-order chi connectivity index (χ1) is 12.2. The summed E-state index contributed by atoms with van der Waals surface area (Å²) in [5.74, 6) is 1.32. The van der Waals surface area contributed by atoms with E-state index in [2.05, 4.69) is 5.32 Å². The maximum Gasteiger partial charge on any atom is 0.241 e. The van der Waals surface area contributed by atoms with Crippen LogP contribution < -0.4 is 20.5 Å². The number of carbonyl (C=O) groups is 1. The van der Waals surface area contributed by atoms with Gasteiger partial charge >= 0.3 is 0 Å². The molecule has 0 saturated carbocycles. The fraction of sp³-hybridized carbons (Fsp3) is 0.350. The van der Waals surface area contributed by atoms with Gasteiger partial charge in [-0.3, -0.25) is 4.79 Å². The molecular formula is C20H26N2O3. The molecule has 1 amide bonds. The zero-order valence-electron chi connectivity index (χ0n) is 14.8. The van der Waals surface area contributed by atoms with Crippen molar-refractivity contribution in [1.82, 2.24) is 5.32 Å². The monoisotopic (exact) mass is 342 g/mol. The van der Waals surface area contributed by atoms with Gasteiger partial charge in [0.1, 0.15) is 6.04 Å². The third-order valence-corrected chi connectivity index (χ3v) is 3.91. The second-order valence-electron chi connectivity index (χ2n) is 5.70. The molecule has 0 radical (unpaired) electrons. The van der Waals surface area contributed by atoms with Crippen molar-refractivity contribution in [1.29, 1.82) is 0 Å². The Hall–Kier alpha value is -2.53. The number of hydrogen-bond donors (Lipinski definition) is 2. The van der Waals surface area contributed by atoms with Crippen LogP contribution in [0.25, 0.3) is 0 Å². The average molecular weight is 342 g/mol. The summed E-state index contributed by atoms with van der Waals surface area (Å²) in [4.78, 5) is 12.1. The van der Waals surface area contributed by atoms with Gasteiger partial charge in [-0.15, -0.1) is 0 Å². The lowest BCUT2D eigenvalue weighted by atomic mass is 10.1. The fourth-order valence-corrected chi connectivity index (χ4v) is 2.57. The molecule has 0 spiro atoms. The number of rotatable bonds is 9. The number of nitrogens with two attached hydrogens (primary N) is 1. The SMILES string of the molecule is CCOc1cc(CCCNC(=O)C(N)c2ccccc2)ccc1OC. The Bertz CT molecular complexity index is 674. The van der Waals surface area contributed by atoms with Crippen molar-refractivity contribution in [2.24, 2.45) is 5.73 Å². The Kier molecular flexibility index (Phi) is 7.29. The standard InChI is InChI=1S/C20H26N2O3/c1-3-25-18-14-15(11-12-17(18)24-2)8-7-13-22-20(23)19(21)16-9-5-4-6-10-16/h4-6,9-12,14,19H,3,7-8,13,21H2,1-2H3,(H,22,23).